The van der Waals surface area contributed by atoms with Gasteiger partial charge in [-0.2, -0.15) is 5.10 Å². The lowest BCUT2D eigenvalue weighted by Gasteiger charge is -2.15. The van der Waals surface area contributed by atoms with Gasteiger partial charge in [-0.15, -0.1) is 0 Å². The quantitative estimate of drug-likeness (QED) is 0.759. The van der Waals surface area contributed by atoms with Crippen LogP contribution in [0.2, 0.25) is 0 Å². The molecule has 1 fully saturated rings. The van der Waals surface area contributed by atoms with Gasteiger partial charge in [0.25, 0.3) is 0 Å². The molecule has 1 saturated carbocycles. The van der Waals surface area contributed by atoms with Gasteiger partial charge in [0.15, 0.2) is 0 Å². The maximum absolute atomic E-state index is 4.38. The van der Waals surface area contributed by atoms with Gasteiger partial charge in [0.2, 0.25) is 0 Å². The third-order valence-electron chi connectivity index (χ3n) is 3.00. The molecule has 1 aliphatic rings. The Morgan fingerprint density at radius 3 is 3.07 bits per heavy atom. The highest BCUT2D eigenvalue weighted by Crippen LogP contribution is 2.38. The van der Waals surface area contributed by atoms with Crippen LogP contribution in [0.15, 0.2) is 12.3 Å². The Balaban J connectivity index is 2.17. The lowest BCUT2D eigenvalue weighted by molar-refractivity contribution is 0.542. The molecule has 0 bridgehead atoms. The topological polar surface area (TPSA) is 17.8 Å². The zero-order valence-electron chi connectivity index (χ0n) is 8.62. The standard InChI is InChI=1S/C11H17BrN2/c1-2-8-14-11(6-7-13-14)9-4-3-5-10(9)12/h6-7,9-10H,2-5,8H2,1H3. The average molecular weight is 257 g/mol. The van der Waals surface area contributed by atoms with Crippen LogP contribution in [0.4, 0.5) is 0 Å². The summed E-state index contributed by atoms with van der Waals surface area (Å²) in [6, 6.07) is 2.18. The van der Waals surface area contributed by atoms with E-state index in [1.165, 1.54) is 25.0 Å². The molecule has 1 aromatic heterocycles. The van der Waals surface area contributed by atoms with Crippen molar-refractivity contribution in [2.24, 2.45) is 0 Å². The van der Waals surface area contributed by atoms with E-state index < -0.39 is 0 Å². The molecule has 0 N–H and O–H groups in total. The molecular formula is C11H17BrN2. The van der Waals surface area contributed by atoms with Crippen molar-refractivity contribution in [1.82, 2.24) is 9.78 Å². The first-order chi connectivity index (χ1) is 6.83. The van der Waals surface area contributed by atoms with E-state index in [1.807, 2.05) is 6.20 Å². The van der Waals surface area contributed by atoms with Gasteiger partial charge in [0.1, 0.15) is 0 Å². The zero-order valence-corrected chi connectivity index (χ0v) is 10.2. The normalized spacial score (nSPS) is 27.0. The summed E-state index contributed by atoms with van der Waals surface area (Å²) in [5.74, 6) is 0.684. The molecule has 0 saturated heterocycles. The third kappa shape index (κ3) is 1.88. The van der Waals surface area contributed by atoms with Gasteiger partial charge >= 0.3 is 0 Å². The highest BCUT2D eigenvalue weighted by atomic mass is 79.9. The summed E-state index contributed by atoms with van der Waals surface area (Å²) < 4.78 is 2.17. The second-order valence-corrected chi connectivity index (χ2v) is 5.21. The van der Waals surface area contributed by atoms with Gasteiger partial charge in [0.05, 0.1) is 0 Å². The zero-order chi connectivity index (χ0) is 9.97. The summed E-state index contributed by atoms with van der Waals surface area (Å²) in [6.45, 7) is 3.25. The Hall–Kier alpha value is -0.310. The van der Waals surface area contributed by atoms with Gasteiger partial charge in [-0.25, -0.2) is 0 Å². The van der Waals surface area contributed by atoms with Gasteiger partial charge in [-0.05, 0) is 25.3 Å². The Kier molecular flexibility index (Phi) is 3.26. The van der Waals surface area contributed by atoms with Crippen LogP contribution in [0.25, 0.3) is 0 Å². The van der Waals surface area contributed by atoms with Crippen molar-refractivity contribution in [3.8, 4) is 0 Å². The smallest absolute Gasteiger partial charge is 0.0492 e. The summed E-state index contributed by atoms with van der Waals surface area (Å²) in [5.41, 5.74) is 1.42. The Labute approximate surface area is 93.8 Å². The lowest BCUT2D eigenvalue weighted by atomic mass is 10.0. The van der Waals surface area contributed by atoms with Crippen LogP contribution in [0.5, 0.6) is 0 Å². The maximum atomic E-state index is 4.38. The number of hydrogen-bond acceptors (Lipinski definition) is 1. The summed E-state index contributed by atoms with van der Waals surface area (Å²) in [5, 5.41) is 4.38. The number of rotatable bonds is 3. The van der Waals surface area contributed by atoms with Crippen molar-refractivity contribution in [3.05, 3.63) is 18.0 Å². The van der Waals surface area contributed by atoms with Crippen molar-refractivity contribution >= 4 is 15.9 Å². The number of alkyl halides is 1. The first-order valence-electron chi connectivity index (χ1n) is 5.48. The van der Waals surface area contributed by atoms with E-state index in [0.29, 0.717) is 10.7 Å². The molecule has 1 aliphatic carbocycles. The highest BCUT2D eigenvalue weighted by molar-refractivity contribution is 9.09. The van der Waals surface area contributed by atoms with Crippen molar-refractivity contribution in [2.75, 3.05) is 0 Å². The molecule has 78 valence electrons. The molecule has 0 radical (unpaired) electrons. The van der Waals surface area contributed by atoms with Gasteiger partial charge in [-0.1, -0.05) is 29.3 Å². The fourth-order valence-electron chi connectivity index (χ4n) is 2.30. The van der Waals surface area contributed by atoms with E-state index in [0.717, 1.165) is 13.0 Å². The fraction of sp³-hybridized carbons (Fsp3) is 0.727. The minimum Gasteiger partial charge on any atom is -0.269 e. The number of aryl methyl sites for hydroxylation is 1. The van der Waals surface area contributed by atoms with E-state index in [2.05, 4.69) is 38.7 Å². The predicted molar refractivity (Wildman–Crippen MR) is 61.8 cm³/mol. The summed E-state index contributed by atoms with van der Waals surface area (Å²) >= 11 is 3.77. The molecule has 0 amide bonds. The molecule has 1 heterocycles. The second-order valence-electron chi connectivity index (χ2n) is 4.03. The van der Waals surface area contributed by atoms with Crippen LogP contribution in [0.1, 0.15) is 44.2 Å². The predicted octanol–water partition coefficient (Wildman–Crippen LogP) is 3.32. The van der Waals surface area contributed by atoms with Crippen LogP contribution in [-0.2, 0) is 6.54 Å². The molecule has 0 spiro atoms. The van der Waals surface area contributed by atoms with E-state index in [9.17, 15) is 0 Å². The van der Waals surface area contributed by atoms with Crippen molar-refractivity contribution in [3.63, 3.8) is 0 Å². The highest BCUT2D eigenvalue weighted by Gasteiger charge is 2.28. The van der Waals surface area contributed by atoms with Crippen LogP contribution in [0, 0.1) is 0 Å². The summed E-state index contributed by atoms with van der Waals surface area (Å²) in [7, 11) is 0. The van der Waals surface area contributed by atoms with E-state index in [1.54, 1.807) is 0 Å². The first-order valence-corrected chi connectivity index (χ1v) is 6.40. The molecule has 2 rings (SSSR count). The van der Waals surface area contributed by atoms with Crippen LogP contribution >= 0.6 is 15.9 Å². The Morgan fingerprint density at radius 1 is 1.57 bits per heavy atom. The summed E-state index contributed by atoms with van der Waals surface area (Å²) in [4.78, 5) is 0.662. The van der Waals surface area contributed by atoms with Gasteiger partial charge < -0.3 is 0 Å². The Bertz CT molecular complexity index is 295. The van der Waals surface area contributed by atoms with Crippen LogP contribution in [-0.4, -0.2) is 14.6 Å². The minimum atomic E-state index is 0.662. The molecule has 3 heteroatoms. The second kappa shape index (κ2) is 4.47. The number of halogens is 1. The average Bonchev–Trinajstić information content (AvgIpc) is 2.74. The SMILES string of the molecule is CCCn1nccc1C1CCCC1Br. The summed E-state index contributed by atoms with van der Waals surface area (Å²) in [6.07, 6.45) is 7.06. The molecule has 0 aromatic carbocycles. The van der Waals surface area contributed by atoms with Crippen molar-refractivity contribution < 1.29 is 0 Å². The largest absolute Gasteiger partial charge is 0.269 e. The number of nitrogens with zero attached hydrogens (tertiary/aromatic N) is 2. The molecule has 14 heavy (non-hydrogen) atoms. The van der Waals surface area contributed by atoms with E-state index in [4.69, 9.17) is 0 Å². The number of hydrogen-bond donors (Lipinski definition) is 0. The molecule has 1 aromatic rings. The molecule has 0 aliphatic heterocycles. The lowest BCUT2D eigenvalue weighted by Crippen LogP contribution is -2.12. The van der Waals surface area contributed by atoms with Crippen molar-refractivity contribution in [2.45, 2.75) is 49.9 Å². The molecule has 2 atom stereocenters. The Morgan fingerprint density at radius 2 is 2.43 bits per heavy atom. The monoisotopic (exact) mass is 256 g/mol. The van der Waals surface area contributed by atoms with Gasteiger partial charge in [-0.3, -0.25) is 4.68 Å². The van der Waals surface area contributed by atoms with Crippen molar-refractivity contribution in [1.29, 1.82) is 0 Å². The fourth-order valence-corrected chi connectivity index (χ4v) is 3.16. The molecular weight excluding hydrogens is 240 g/mol. The van der Waals surface area contributed by atoms with E-state index in [-0.39, 0.29) is 0 Å². The van der Waals surface area contributed by atoms with Crippen LogP contribution < -0.4 is 0 Å². The number of aromatic nitrogens is 2. The molecule has 2 nitrogen and oxygen atoms in total. The van der Waals surface area contributed by atoms with Crippen LogP contribution in [0.3, 0.4) is 0 Å². The molecule has 2 unspecified atom stereocenters. The first kappa shape index (κ1) is 10.2. The maximum Gasteiger partial charge on any atom is 0.0492 e. The minimum absolute atomic E-state index is 0.662. The van der Waals surface area contributed by atoms with E-state index >= 15 is 0 Å². The van der Waals surface area contributed by atoms with Gasteiger partial charge in [0, 0.05) is 29.2 Å². The third-order valence-corrected chi connectivity index (χ3v) is 4.09.